The zero-order valence-corrected chi connectivity index (χ0v) is 11.2. The maximum atomic E-state index is 13.2. The van der Waals surface area contributed by atoms with Gasteiger partial charge in [-0.15, -0.1) is 0 Å². The molecule has 0 N–H and O–H groups in total. The Hall–Kier alpha value is -0.830. The van der Waals surface area contributed by atoms with Crippen LogP contribution in [-0.4, -0.2) is 11.9 Å². The van der Waals surface area contributed by atoms with Crippen LogP contribution in [0.1, 0.15) is 20.3 Å². The van der Waals surface area contributed by atoms with E-state index in [0.29, 0.717) is 12.4 Å². The van der Waals surface area contributed by atoms with Crippen molar-refractivity contribution in [1.82, 2.24) is 0 Å². The first kappa shape index (κ1) is 13.2. The Labute approximate surface area is 104 Å². The number of allylic oxidation sites excluding steroid dienone is 1. The number of ether oxygens (including phenoxy) is 1. The fourth-order valence-corrected chi connectivity index (χ4v) is 1.82. The van der Waals surface area contributed by atoms with Crippen molar-refractivity contribution in [2.75, 3.05) is 11.9 Å². The summed E-state index contributed by atoms with van der Waals surface area (Å²) in [5, 5.41) is 0.940. The zero-order chi connectivity index (χ0) is 12.0. The Morgan fingerprint density at radius 1 is 1.25 bits per heavy atom. The van der Waals surface area contributed by atoms with Gasteiger partial charge in [-0.2, -0.15) is 0 Å². The predicted octanol–water partition coefficient (Wildman–Crippen LogP) is 4.33. The molecule has 0 atom stereocenters. The van der Waals surface area contributed by atoms with Gasteiger partial charge in [0, 0.05) is 5.33 Å². The average molecular weight is 287 g/mol. The van der Waals surface area contributed by atoms with Crippen LogP contribution in [0.3, 0.4) is 0 Å². The molecule has 0 fully saturated rings. The molecule has 3 heteroatoms. The average Bonchev–Trinajstić information content (AvgIpc) is 2.28. The molecule has 1 aromatic rings. The molecular formula is C13H16BrFO. The molecule has 0 aliphatic carbocycles. The topological polar surface area (TPSA) is 9.23 Å². The zero-order valence-electron chi connectivity index (χ0n) is 9.59. The maximum absolute atomic E-state index is 13.2. The van der Waals surface area contributed by atoms with Gasteiger partial charge in [0.15, 0.2) is 11.6 Å². The van der Waals surface area contributed by atoms with Crippen molar-refractivity contribution in [3.63, 3.8) is 0 Å². The van der Waals surface area contributed by atoms with Crippen LogP contribution in [0.5, 0.6) is 5.75 Å². The van der Waals surface area contributed by atoms with E-state index >= 15 is 0 Å². The third-order valence-electron chi connectivity index (χ3n) is 2.48. The Balaban J connectivity index is 2.58. The third-order valence-corrected chi connectivity index (χ3v) is 2.88. The molecule has 1 aromatic carbocycles. The van der Waals surface area contributed by atoms with Crippen LogP contribution in [0.15, 0.2) is 35.4 Å². The lowest BCUT2D eigenvalue weighted by Gasteiger charge is -2.09. The molecular weight excluding hydrogens is 271 g/mol. The van der Waals surface area contributed by atoms with Gasteiger partial charge in [-0.05, 0) is 38.0 Å². The minimum absolute atomic E-state index is 0.312. The summed E-state index contributed by atoms with van der Waals surface area (Å²) >= 11 is 3.39. The van der Waals surface area contributed by atoms with Crippen LogP contribution < -0.4 is 4.74 Å². The number of hydrogen-bond donors (Lipinski definition) is 0. The van der Waals surface area contributed by atoms with Crippen LogP contribution in [0, 0.1) is 5.82 Å². The number of para-hydroxylation sites is 1. The van der Waals surface area contributed by atoms with E-state index in [0.717, 1.165) is 17.3 Å². The predicted molar refractivity (Wildman–Crippen MR) is 68.7 cm³/mol. The monoisotopic (exact) mass is 286 g/mol. The molecule has 0 amide bonds. The van der Waals surface area contributed by atoms with E-state index in [9.17, 15) is 4.39 Å². The van der Waals surface area contributed by atoms with Gasteiger partial charge in [0.05, 0.1) is 0 Å². The van der Waals surface area contributed by atoms with Crippen LogP contribution in [0.25, 0.3) is 0 Å². The molecule has 0 aromatic heterocycles. The highest BCUT2D eigenvalue weighted by Gasteiger charge is 2.02. The highest BCUT2D eigenvalue weighted by atomic mass is 79.9. The van der Waals surface area contributed by atoms with Gasteiger partial charge in [-0.1, -0.05) is 33.6 Å². The first-order valence-corrected chi connectivity index (χ1v) is 6.35. The number of benzene rings is 1. The van der Waals surface area contributed by atoms with Gasteiger partial charge in [-0.3, -0.25) is 0 Å². The highest BCUT2D eigenvalue weighted by Crippen LogP contribution is 2.17. The largest absolute Gasteiger partial charge is 0.486 e. The van der Waals surface area contributed by atoms with Crippen molar-refractivity contribution < 1.29 is 9.13 Å². The van der Waals surface area contributed by atoms with E-state index in [1.165, 1.54) is 11.6 Å². The fourth-order valence-electron chi connectivity index (χ4n) is 1.23. The fraction of sp³-hybridized carbons (Fsp3) is 0.385. The van der Waals surface area contributed by atoms with E-state index in [4.69, 9.17) is 4.74 Å². The van der Waals surface area contributed by atoms with Gasteiger partial charge in [-0.25, -0.2) is 4.39 Å². The third kappa shape index (κ3) is 3.97. The summed E-state index contributed by atoms with van der Waals surface area (Å²) in [6, 6.07) is 6.46. The second-order valence-electron chi connectivity index (χ2n) is 3.72. The molecule has 0 aliphatic rings. The first-order valence-electron chi connectivity index (χ1n) is 5.23. The van der Waals surface area contributed by atoms with Crippen molar-refractivity contribution in [3.05, 3.63) is 41.2 Å². The van der Waals surface area contributed by atoms with Crippen LogP contribution in [0.4, 0.5) is 4.39 Å². The Kier molecular flexibility index (Phi) is 5.53. The van der Waals surface area contributed by atoms with Crippen molar-refractivity contribution in [1.29, 1.82) is 0 Å². The van der Waals surface area contributed by atoms with Gasteiger partial charge in [0.2, 0.25) is 0 Å². The van der Waals surface area contributed by atoms with E-state index in [-0.39, 0.29) is 5.82 Å². The molecule has 88 valence electrons. The molecule has 1 nitrogen and oxygen atoms in total. The standard InChI is InChI=1S/C13H16BrFO/c1-10(7-8-14)11(2)9-16-13-6-4-3-5-12(13)15/h3-6H,7-9H2,1-2H3. The molecule has 0 unspecified atom stereocenters. The summed E-state index contributed by atoms with van der Waals surface area (Å²) in [5.41, 5.74) is 2.44. The quantitative estimate of drug-likeness (QED) is 0.578. The lowest BCUT2D eigenvalue weighted by molar-refractivity contribution is 0.331. The Morgan fingerprint density at radius 3 is 2.56 bits per heavy atom. The SMILES string of the molecule is CC(CCBr)=C(C)COc1ccccc1F. The molecule has 0 radical (unpaired) electrons. The first-order chi connectivity index (χ1) is 7.65. The lowest BCUT2D eigenvalue weighted by Crippen LogP contribution is -2.02. The van der Waals surface area contributed by atoms with Crippen molar-refractivity contribution in [2.45, 2.75) is 20.3 Å². The number of halogens is 2. The highest BCUT2D eigenvalue weighted by molar-refractivity contribution is 9.09. The molecule has 0 bridgehead atoms. The summed E-state index contributed by atoms with van der Waals surface area (Å²) in [7, 11) is 0. The summed E-state index contributed by atoms with van der Waals surface area (Å²) in [4.78, 5) is 0. The van der Waals surface area contributed by atoms with Gasteiger partial charge in [0.25, 0.3) is 0 Å². The van der Waals surface area contributed by atoms with Crippen molar-refractivity contribution in [2.24, 2.45) is 0 Å². The van der Waals surface area contributed by atoms with E-state index < -0.39 is 0 Å². The van der Waals surface area contributed by atoms with Gasteiger partial charge < -0.3 is 4.74 Å². The second-order valence-corrected chi connectivity index (χ2v) is 4.51. The summed E-state index contributed by atoms with van der Waals surface area (Å²) in [5.74, 6) is 0.00179. The number of rotatable bonds is 5. The molecule has 0 saturated heterocycles. The molecule has 0 saturated carbocycles. The molecule has 0 aliphatic heterocycles. The lowest BCUT2D eigenvalue weighted by atomic mass is 10.1. The minimum atomic E-state index is -0.312. The Morgan fingerprint density at radius 2 is 1.94 bits per heavy atom. The van der Waals surface area contributed by atoms with Crippen LogP contribution in [-0.2, 0) is 0 Å². The van der Waals surface area contributed by atoms with Crippen molar-refractivity contribution >= 4 is 15.9 Å². The van der Waals surface area contributed by atoms with E-state index in [1.807, 2.05) is 6.92 Å². The van der Waals surface area contributed by atoms with Crippen molar-refractivity contribution in [3.8, 4) is 5.75 Å². The molecule has 0 spiro atoms. The molecule has 0 heterocycles. The van der Waals surface area contributed by atoms with Gasteiger partial charge in [0.1, 0.15) is 6.61 Å². The summed E-state index contributed by atoms with van der Waals surface area (Å²) < 4.78 is 18.7. The minimum Gasteiger partial charge on any atom is -0.486 e. The van der Waals surface area contributed by atoms with Gasteiger partial charge >= 0.3 is 0 Å². The van der Waals surface area contributed by atoms with Crippen LogP contribution >= 0.6 is 15.9 Å². The number of hydrogen-bond acceptors (Lipinski definition) is 1. The van der Waals surface area contributed by atoms with Crippen LogP contribution in [0.2, 0.25) is 0 Å². The summed E-state index contributed by atoms with van der Waals surface area (Å²) in [6.07, 6.45) is 0.993. The normalized spacial score (nSPS) is 12.2. The maximum Gasteiger partial charge on any atom is 0.165 e. The Bertz CT molecular complexity index is 374. The molecule has 1 rings (SSSR count). The second kappa shape index (κ2) is 6.69. The van der Waals surface area contributed by atoms with E-state index in [1.54, 1.807) is 18.2 Å². The summed E-state index contributed by atoms with van der Waals surface area (Å²) in [6.45, 7) is 4.53. The molecule has 16 heavy (non-hydrogen) atoms. The smallest absolute Gasteiger partial charge is 0.165 e. The van der Waals surface area contributed by atoms with E-state index in [2.05, 4.69) is 22.9 Å². The number of alkyl halides is 1.